The van der Waals surface area contributed by atoms with E-state index in [1.54, 1.807) is 28.7 Å². The molecule has 4 aliphatic rings. The van der Waals surface area contributed by atoms with Crippen LogP contribution in [-0.4, -0.2) is 182 Å². The zero-order chi connectivity index (χ0) is 53.4. The number of aliphatic carboxylic acids is 1. The summed E-state index contributed by atoms with van der Waals surface area (Å²) < 4.78 is 28.8. The number of nitrogens with zero attached hydrogens (tertiary/aromatic N) is 4. The first-order valence-electron chi connectivity index (χ1n) is 26.4. The molecule has 0 unspecified atom stereocenters. The van der Waals surface area contributed by atoms with E-state index in [1.165, 1.54) is 26.4 Å². The molecular formula is C55H82N4O14. The number of ether oxygens (including phenoxy) is 5. The molecule has 0 spiro atoms. The maximum atomic E-state index is 14.8. The van der Waals surface area contributed by atoms with Crippen molar-refractivity contribution in [2.75, 3.05) is 74.0 Å². The molecule has 2 bridgehead atoms. The average molecular weight is 1020 g/mol. The predicted molar refractivity (Wildman–Crippen MR) is 270 cm³/mol. The highest BCUT2D eigenvalue weighted by atomic mass is 16.5. The molecule has 406 valence electrons. The molecule has 11 atom stereocenters. The van der Waals surface area contributed by atoms with E-state index >= 15 is 0 Å². The summed E-state index contributed by atoms with van der Waals surface area (Å²) in [4.78, 5) is 113. The van der Waals surface area contributed by atoms with Crippen LogP contribution in [0, 0.1) is 35.5 Å². The Morgan fingerprint density at radius 3 is 2.04 bits per heavy atom. The largest absolute Gasteiger partial charge is 0.481 e. The predicted octanol–water partition coefficient (Wildman–Crippen LogP) is 4.79. The summed E-state index contributed by atoms with van der Waals surface area (Å²) >= 11 is 0. The Labute approximate surface area is 431 Å². The lowest BCUT2D eigenvalue weighted by Gasteiger charge is -2.41. The molecule has 2 saturated heterocycles. The molecule has 3 heterocycles. The van der Waals surface area contributed by atoms with Gasteiger partial charge in [-0.05, 0) is 61.8 Å². The fourth-order valence-electron chi connectivity index (χ4n) is 11.5. The first-order valence-corrected chi connectivity index (χ1v) is 26.4. The quantitative estimate of drug-likeness (QED) is 0.0741. The molecule has 1 aliphatic carbocycles. The zero-order valence-corrected chi connectivity index (χ0v) is 44.4. The summed E-state index contributed by atoms with van der Waals surface area (Å²) in [5.41, 5.74) is 0.830. The van der Waals surface area contributed by atoms with Gasteiger partial charge in [-0.1, -0.05) is 71.4 Å². The molecule has 5 amide bonds. The first kappa shape index (κ1) is 59.0. The molecule has 18 heteroatoms. The molecular weight excluding hydrogens is 941 g/mol. The number of carboxylic acid groups (broad SMARTS) is 1. The van der Waals surface area contributed by atoms with Crippen molar-refractivity contribution in [3.63, 3.8) is 0 Å². The van der Waals surface area contributed by atoms with Gasteiger partial charge in [0.05, 0.1) is 95.3 Å². The molecule has 3 aliphatic heterocycles. The van der Waals surface area contributed by atoms with Crippen molar-refractivity contribution in [3.05, 3.63) is 48.0 Å². The van der Waals surface area contributed by atoms with Crippen molar-refractivity contribution in [1.82, 2.24) is 19.6 Å². The molecule has 3 fully saturated rings. The average Bonchev–Trinajstić information content (AvgIpc) is 4.20. The lowest BCUT2D eigenvalue weighted by molar-refractivity contribution is -0.150. The summed E-state index contributed by atoms with van der Waals surface area (Å²) in [5, 5.41) is 10.0. The third kappa shape index (κ3) is 15.6. The van der Waals surface area contributed by atoms with Crippen LogP contribution in [0.1, 0.15) is 104 Å². The Bertz CT molecular complexity index is 2050. The molecule has 1 aromatic carbocycles. The van der Waals surface area contributed by atoms with Crippen LogP contribution in [0.5, 0.6) is 0 Å². The minimum Gasteiger partial charge on any atom is -0.481 e. The summed E-state index contributed by atoms with van der Waals surface area (Å²) in [5.74, 6) is -5.24. The van der Waals surface area contributed by atoms with Gasteiger partial charge in [-0.15, -0.1) is 0 Å². The van der Waals surface area contributed by atoms with Crippen molar-refractivity contribution >= 4 is 47.1 Å². The number of rotatable bonds is 33. The molecule has 1 aromatic rings. The Kier molecular flexibility index (Phi) is 23.2. The molecule has 18 nitrogen and oxygen atoms in total. The van der Waals surface area contributed by atoms with Crippen molar-refractivity contribution in [2.24, 2.45) is 35.5 Å². The van der Waals surface area contributed by atoms with Gasteiger partial charge in [0, 0.05) is 70.7 Å². The second kappa shape index (κ2) is 28.7. The third-order valence-electron chi connectivity index (χ3n) is 15.8. The number of carbonyl (C=O) groups excluding carboxylic acids is 7. The molecule has 1 N–H and O–H groups in total. The van der Waals surface area contributed by atoms with Crippen LogP contribution in [0.3, 0.4) is 0 Å². The van der Waals surface area contributed by atoms with Crippen LogP contribution in [0.4, 0.5) is 0 Å². The smallest absolute Gasteiger partial charge is 0.307 e. The molecule has 5 rings (SSSR count). The number of likely N-dealkylation sites (N-methyl/N-ethyl adjacent to an activating group) is 1. The lowest BCUT2D eigenvalue weighted by Crippen LogP contribution is -2.54. The second-order valence-corrected chi connectivity index (χ2v) is 20.7. The Balaban J connectivity index is 1.14. The number of carboxylic acids is 1. The highest BCUT2D eigenvalue weighted by Crippen LogP contribution is 2.44. The fraction of sp³-hybridized carbons (Fsp3) is 0.709. The number of carbonyl (C=O) groups is 8. The third-order valence-corrected chi connectivity index (χ3v) is 15.8. The molecule has 0 aromatic heterocycles. The minimum atomic E-state index is -1.05. The normalized spacial score (nSPS) is 22.4. The number of hydrogen-bond donors (Lipinski definition) is 1. The number of piperidine rings is 1. The van der Waals surface area contributed by atoms with E-state index in [4.69, 9.17) is 23.7 Å². The highest BCUT2D eigenvalue weighted by Gasteiger charge is 2.52. The van der Waals surface area contributed by atoms with E-state index in [2.05, 4.69) is 0 Å². The van der Waals surface area contributed by atoms with Gasteiger partial charge >= 0.3 is 5.97 Å². The van der Waals surface area contributed by atoms with E-state index in [9.17, 15) is 43.5 Å². The van der Waals surface area contributed by atoms with Gasteiger partial charge in [0.25, 0.3) is 11.8 Å². The van der Waals surface area contributed by atoms with E-state index in [-0.39, 0.29) is 137 Å². The van der Waals surface area contributed by atoms with Gasteiger partial charge in [-0.25, -0.2) is 0 Å². The number of benzene rings is 1. The number of likely N-dealkylation sites (tertiary alicyclic amines) is 2. The highest BCUT2D eigenvalue weighted by molar-refractivity contribution is 6.12. The van der Waals surface area contributed by atoms with E-state index in [1.807, 2.05) is 58.0 Å². The number of methoxy groups -OCH3 is 2. The maximum absolute atomic E-state index is 14.8. The number of Topliss-reactive ketones (excluding diaryl/α,β-unsaturated/α-hetero) is 2. The van der Waals surface area contributed by atoms with Gasteiger partial charge < -0.3 is 43.5 Å². The fourth-order valence-corrected chi connectivity index (χ4v) is 11.5. The standard InChI is InChI=1S/C55H82N4O14/c1-9-36(4)51(46(69-7)34-50(65)57-22-13-16-43(57)53(70-8)37(5)44(60)32-40(55(67)68)30-38-14-11-10-12-15-38)56(6)54(66)42(35(2)3)33-45(61)52-39-17-18-41(31-39)59(52)49(64)21-24-71-26-28-73-29-27-72-25-23-58-47(62)19-20-48(58)63/h10-12,14-15,19-20,35-37,39-43,46,51-53H,9,13,16-18,21-34H2,1-8H3,(H,67,68)/t36-,37-,39-,40+,41+,42-,43-,46+,51-,52-,53+/m0/s1. The molecule has 1 saturated carbocycles. The summed E-state index contributed by atoms with van der Waals surface area (Å²) in [6.45, 7) is 11.7. The van der Waals surface area contributed by atoms with Crippen molar-refractivity contribution in [1.29, 1.82) is 0 Å². The van der Waals surface area contributed by atoms with Gasteiger partial charge in [-0.3, -0.25) is 43.3 Å². The van der Waals surface area contributed by atoms with Crippen molar-refractivity contribution in [3.8, 4) is 0 Å². The van der Waals surface area contributed by atoms with Crippen LogP contribution in [0.2, 0.25) is 0 Å². The topological polar surface area (TPSA) is 216 Å². The van der Waals surface area contributed by atoms with E-state index in [0.29, 0.717) is 32.4 Å². The Morgan fingerprint density at radius 2 is 1.44 bits per heavy atom. The second-order valence-electron chi connectivity index (χ2n) is 20.7. The van der Waals surface area contributed by atoms with Gasteiger partial charge in [0.2, 0.25) is 17.7 Å². The van der Waals surface area contributed by atoms with Crippen LogP contribution in [-0.2, 0) is 68.5 Å². The summed E-state index contributed by atoms with van der Waals surface area (Å²) in [7, 11) is 4.77. The van der Waals surface area contributed by atoms with Gasteiger partial charge in [0.15, 0.2) is 5.78 Å². The zero-order valence-electron chi connectivity index (χ0n) is 44.4. The van der Waals surface area contributed by atoms with Crippen molar-refractivity contribution in [2.45, 2.75) is 142 Å². The SMILES string of the molecule is CC[C@H](C)[C@@H]([C@@H](CC(=O)N1CCC[C@H]1[C@H](OC)[C@@H](C)C(=O)C[C@@H](Cc1ccccc1)C(=O)O)OC)N(C)C(=O)[C@@H](CC(=O)[C@@H]1[C@H]2CC[C@H](C2)N1C(=O)CCOCCOCCOCCN1C(=O)C=CC1=O)C(C)C. The lowest BCUT2D eigenvalue weighted by atomic mass is 9.83. The van der Waals surface area contributed by atoms with Gasteiger partial charge in [0.1, 0.15) is 5.78 Å². The van der Waals surface area contributed by atoms with Crippen LogP contribution in [0.25, 0.3) is 0 Å². The maximum Gasteiger partial charge on any atom is 0.307 e. The number of imide groups is 1. The summed E-state index contributed by atoms with van der Waals surface area (Å²) in [6, 6.07) is 7.61. The monoisotopic (exact) mass is 1020 g/mol. The first-order chi connectivity index (χ1) is 34.9. The molecule has 73 heavy (non-hydrogen) atoms. The molecule has 0 radical (unpaired) electrons. The number of fused-ring (bicyclic) bond motifs is 2. The number of ketones is 2. The minimum absolute atomic E-state index is 0.0258. The van der Waals surface area contributed by atoms with E-state index < -0.39 is 54.1 Å². The van der Waals surface area contributed by atoms with Gasteiger partial charge in [-0.2, -0.15) is 0 Å². The number of amides is 5. The van der Waals surface area contributed by atoms with E-state index in [0.717, 1.165) is 29.7 Å². The van der Waals surface area contributed by atoms with Crippen LogP contribution < -0.4 is 0 Å². The Hall–Kier alpha value is -4.88. The van der Waals surface area contributed by atoms with Crippen LogP contribution in [0.15, 0.2) is 42.5 Å². The number of hydrogen-bond acceptors (Lipinski definition) is 13. The Morgan fingerprint density at radius 1 is 0.795 bits per heavy atom. The summed E-state index contributed by atoms with van der Waals surface area (Å²) in [6.07, 6.45) is 5.57. The van der Waals surface area contributed by atoms with Crippen LogP contribution >= 0.6 is 0 Å². The van der Waals surface area contributed by atoms with Crippen molar-refractivity contribution < 1.29 is 67.1 Å².